The van der Waals surface area contributed by atoms with E-state index in [4.69, 9.17) is 28.7 Å². The van der Waals surface area contributed by atoms with E-state index >= 15 is 0 Å². The Bertz CT molecular complexity index is 1360. The number of amides is 8. The Hall–Kier alpha value is -5.92. The SMILES string of the molecule is NC(N)=NCCC[C@H](NC(=O)CNC(=O)CNC(=O)CNC(=O)[C@H](CS)NC(=O)CNC(=O)CNC(=O)CNC(=O)[C@@H](N)CCCN=C(N)N)C(=O)O. The van der Waals surface area contributed by atoms with Gasteiger partial charge in [0.1, 0.15) is 12.1 Å². The Kier molecular flexibility index (Phi) is 23.8. The molecule has 0 unspecified atom stereocenters. The maximum Gasteiger partial charge on any atom is 0.326 e. The van der Waals surface area contributed by atoms with Crippen molar-refractivity contribution in [1.82, 2.24) is 42.5 Å². The molecule has 0 aliphatic carbocycles. The number of aliphatic imine (C=N–C) groups is 2. The van der Waals surface area contributed by atoms with E-state index in [-0.39, 0.29) is 50.0 Å². The number of hydrogen-bond donors (Lipinski definition) is 15. The molecular weight excluding hydrogens is 726 g/mol. The summed E-state index contributed by atoms with van der Waals surface area (Å²) in [6.07, 6.45) is 0.985. The van der Waals surface area contributed by atoms with Crippen LogP contribution in [0.5, 0.6) is 0 Å². The largest absolute Gasteiger partial charge is 0.480 e. The lowest BCUT2D eigenvalue weighted by Gasteiger charge is -2.17. The van der Waals surface area contributed by atoms with Crippen molar-refractivity contribution >= 4 is 77.8 Å². The lowest BCUT2D eigenvalue weighted by molar-refractivity contribution is -0.142. The summed E-state index contributed by atoms with van der Waals surface area (Å²) in [5.41, 5.74) is 26.5. The second-order valence-corrected chi connectivity index (χ2v) is 11.2. The minimum absolute atomic E-state index is 0.0244. The van der Waals surface area contributed by atoms with Gasteiger partial charge >= 0.3 is 5.97 Å². The number of carboxylic acid groups (broad SMARTS) is 1. The summed E-state index contributed by atoms with van der Waals surface area (Å²) in [5, 5.41) is 27.2. The van der Waals surface area contributed by atoms with Crippen molar-refractivity contribution in [1.29, 1.82) is 0 Å². The van der Waals surface area contributed by atoms with Gasteiger partial charge in [0.15, 0.2) is 11.9 Å². The van der Waals surface area contributed by atoms with Crippen LogP contribution < -0.4 is 71.2 Å². The van der Waals surface area contributed by atoms with E-state index in [1.54, 1.807) is 0 Å². The van der Waals surface area contributed by atoms with Crippen LogP contribution in [0, 0.1) is 0 Å². The summed E-state index contributed by atoms with van der Waals surface area (Å²) < 4.78 is 0. The third-order valence-electron chi connectivity index (χ3n) is 6.35. The molecule has 0 rings (SSSR count). The lowest BCUT2D eigenvalue weighted by Crippen LogP contribution is -2.52. The maximum atomic E-state index is 12.4. The molecule has 19 N–H and O–H groups in total. The third-order valence-corrected chi connectivity index (χ3v) is 6.71. The van der Waals surface area contributed by atoms with Crippen molar-refractivity contribution in [3.8, 4) is 0 Å². The van der Waals surface area contributed by atoms with Gasteiger partial charge in [0.25, 0.3) is 0 Å². The Labute approximate surface area is 309 Å². The molecule has 0 aliphatic heterocycles. The van der Waals surface area contributed by atoms with Crippen molar-refractivity contribution in [2.75, 3.05) is 58.1 Å². The highest BCUT2D eigenvalue weighted by Gasteiger charge is 2.22. The first-order valence-electron chi connectivity index (χ1n) is 15.9. The van der Waals surface area contributed by atoms with E-state index < -0.39 is 111 Å². The zero-order valence-electron chi connectivity index (χ0n) is 28.8. The van der Waals surface area contributed by atoms with Gasteiger partial charge in [-0.15, -0.1) is 0 Å². The van der Waals surface area contributed by atoms with E-state index in [0.717, 1.165) is 0 Å². The van der Waals surface area contributed by atoms with E-state index in [1.165, 1.54) is 0 Å². The van der Waals surface area contributed by atoms with Crippen molar-refractivity contribution in [3.63, 3.8) is 0 Å². The topological polar surface area (TPSA) is 425 Å². The summed E-state index contributed by atoms with van der Waals surface area (Å²) in [6, 6.07) is -3.38. The predicted molar refractivity (Wildman–Crippen MR) is 191 cm³/mol. The molecule has 0 saturated heterocycles. The lowest BCUT2D eigenvalue weighted by atomic mass is 10.1. The van der Waals surface area contributed by atoms with Gasteiger partial charge < -0.3 is 76.3 Å². The van der Waals surface area contributed by atoms with E-state index in [2.05, 4.69) is 65.1 Å². The molecule has 0 aliphatic rings. The van der Waals surface area contributed by atoms with Gasteiger partial charge in [-0.2, -0.15) is 12.6 Å². The summed E-state index contributed by atoms with van der Waals surface area (Å²) in [5.74, 6) is -7.81. The molecule has 298 valence electrons. The summed E-state index contributed by atoms with van der Waals surface area (Å²) in [4.78, 5) is 115. The van der Waals surface area contributed by atoms with Crippen LogP contribution in [0.1, 0.15) is 25.7 Å². The molecule has 0 aromatic heterocycles. The third kappa shape index (κ3) is 24.8. The normalized spacial score (nSPS) is 11.9. The molecule has 0 bridgehead atoms. The first kappa shape index (κ1) is 47.1. The number of nitrogens with zero attached hydrogens (tertiary/aromatic N) is 2. The van der Waals surface area contributed by atoms with Crippen molar-refractivity contribution < 1.29 is 48.3 Å². The fourth-order valence-corrected chi connectivity index (χ4v) is 3.91. The first-order valence-corrected chi connectivity index (χ1v) is 16.5. The smallest absolute Gasteiger partial charge is 0.326 e. The highest BCUT2D eigenvalue weighted by atomic mass is 32.1. The number of aliphatic carboxylic acids is 1. The van der Waals surface area contributed by atoms with Gasteiger partial charge in [-0.25, -0.2) is 4.79 Å². The molecule has 25 nitrogen and oxygen atoms in total. The summed E-state index contributed by atoms with van der Waals surface area (Å²) in [7, 11) is 0. The van der Waals surface area contributed by atoms with Crippen LogP contribution in [-0.2, 0) is 43.2 Å². The fourth-order valence-electron chi connectivity index (χ4n) is 3.65. The van der Waals surface area contributed by atoms with E-state index in [0.29, 0.717) is 6.42 Å². The number of carbonyl (C=O) groups excluding carboxylic acids is 8. The number of nitrogens with one attached hydrogen (secondary N) is 8. The molecule has 0 aromatic carbocycles. The van der Waals surface area contributed by atoms with Gasteiger partial charge in [-0.05, 0) is 25.7 Å². The molecule has 0 heterocycles. The van der Waals surface area contributed by atoms with Crippen LogP contribution in [0.2, 0.25) is 0 Å². The first-order chi connectivity index (χ1) is 24.9. The monoisotopic (exact) mass is 775 g/mol. The van der Waals surface area contributed by atoms with Gasteiger partial charge in [0.2, 0.25) is 47.3 Å². The van der Waals surface area contributed by atoms with E-state index in [1.807, 2.05) is 0 Å². The second kappa shape index (κ2) is 26.8. The average molecular weight is 776 g/mol. The van der Waals surface area contributed by atoms with Crippen LogP contribution in [0.25, 0.3) is 0 Å². The Morgan fingerprint density at radius 1 is 0.528 bits per heavy atom. The molecule has 26 heteroatoms. The molecule has 0 aromatic rings. The van der Waals surface area contributed by atoms with Crippen LogP contribution >= 0.6 is 12.6 Å². The van der Waals surface area contributed by atoms with Crippen LogP contribution in [-0.4, -0.2) is 146 Å². The number of hydrogen-bond acceptors (Lipinski definition) is 13. The Morgan fingerprint density at radius 2 is 0.887 bits per heavy atom. The standard InChI is InChI=1S/C27H49N15O10S/c28-14(3-1-5-33-26(29)30)23(49)39-9-19(45)35-7-18(44)38-12-22(48)42-16(13-53)24(50)40-10-20(46)36-8-17(43)37-11-21(47)41-15(25(51)52)4-2-6-34-27(31)32/h14-16,53H,1-13,28H2,(H,35,45)(H,36,46)(H,37,43)(H,38,44)(H,39,49)(H,40,50)(H,41,47)(H,42,48)(H,51,52)(H4,29,30,33)(H4,31,32,34)/t14-,15-,16-/m0/s1. The van der Waals surface area contributed by atoms with Gasteiger partial charge in [-0.3, -0.25) is 48.3 Å². The highest BCUT2D eigenvalue weighted by molar-refractivity contribution is 7.80. The molecule has 0 fully saturated rings. The maximum absolute atomic E-state index is 12.4. The average Bonchev–Trinajstić information content (AvgIpc) is 3.10. The highest BCUT2D eigenvalue weighted by Crippen LogP contribution is 1.99. The zero-order valence-corrected chi connectivity index (χ0v) is 29.7. The predicted octanol–water partition coefficient (Wildman–Crippen LogP) is -8.90. The number of thiol groups is 1. The van der Waals surface area contributed by atoms with Crippen LogP contribution in [0.4, 0.5) is 0 Å². The minimum Gasteiger partial charge on any atom is -0.480 e. The van der Waals surface area contributed by atoms with Crippen molar-refractivity contribution in [3.05, 3.63) is 0 Å². The molecule has 8 amide bonds. The van der Waals surface area contributed by atoms with Crippen LogP contribution in [0.3, 0.4) is 0 Å². The number of carbonyl (C=O) groups is 9. The molecule has 0 radical (unpaired) electrons. The van der Waals surface area contributed by atoms with Crippen LogP contribution in [0.15, 0.2) is 9.98 Å². The molecule has 0 spiro atoms. The minimum atomic E-state index is -1.30. The van der Waals surface area contributed by atoms with Gasteiger partial charge in [-0.1, -0.05) is 0 Å². The zero-order chi connectivity index (χ0) is 40.3. The number of carboxylic acids is 1. The van der Waals surface area contributed by atoms with Gasteiger partial charge in [0.05, 0.1) is 45.3 Å². The molecule has 3 atom stereocenters. The molecule has 53 heavy (non-hydrogen) atoms. The summed E-state index contributed by atoms with van der Waals surface area (Å²) >= 11 is 3.99. The van der Waals surface area contributed by atoms with Crippen molar-refractivity contribution in [2.24, 2.45) is 38.7 Å². The number of guanidine groups is 2. The number of nitrogens with two attached hydrogens (primary N) is 5. The Balaban J connectivity index is 4.36. The van der Waals surface area contributed by atoms with E-state index in [9.17, 15) is 48.3 Å². The Morgan fingerprint density at radius 3 is 1.28 bits per heavy atom. The van der Waals surface area contributed by atoms with Gasteiger partial charge in [0, 0.05) is 18.8 Å². The second-order valence-electron chi connectivity index (χ2n) is 10.8. The molecular formula is C27H49N15O10S. The fraction of sp³-hybridized carbons (Fsp3) is 0.593. The number of rotatable bonds is 26. The quantitative estimate of drug-likeness (QED) is 0.0168. The summed E-state index contributed by atoms with van der Waals surface area (Å²) in [6.45, 7) is -2.90. The molecule has 0 saturated carbocycles. The van der Waals surface area contributed by atoms with Crippen molar-refractivity contribution in [2.45, 2.75) is 43.8 Å².